The van der Waals surface area contributed by atoms with Gasteiger partial charge in [-0.15, -0.1) is 0 Å². The number of nitrogens with zero attached hydrogens (tertiary/aromatic N) is 2. The molecule has 138 valence electrons. The van der Waals surface area contributed by atoms with Gasteiger partial charge in [0.2, 0.25) is 5.91 Å². The Balaban J connectivity index is 1.92. The lowest BCUT2D eigenvalue weighted by atomic mass is 9.86. The van der Waals surface area contributed by atoms with E-state index in [0.29, 0.717) is 29.8 Å². The number of anilines is 1. The summed E-state index contributed by atoms with van der Waals surface area (Å²) in [5, 5.41) is 2.95. The number of carbonyl (C=O) groups is 1. The molecule has 1 heterocycles. The molecule has 0 aliphatic heterocycles. The molecular formula is C21H26FN3O. The maximum Gasteiger partial charge on any atom is 0.225 e. The van der Waals surface area contributed by atoms with Crippen molar-refractivity contribution >= 4 is 11.7 Å². The quantitative estimate of drug-likeness (QED) is 0.790. The summed E-state index contributed by atoms with van der Waals surface area (Å²) in [7, 11) is 0. The number of aromatic nitrogens is 2. The maximum atomic E-state index is 13.2. The van der Waals surface area contributed by atoms with Crippen molar-refractivity contribution in [3.63, 3.8) is 0 Å². The van der Waals surface area contributed by atoms with Crippen LogP contribution in [-0.4, -0.2) is 15.9 Å². The van der Waals surface area contributed by atoms with Crippen molar-refractivity contribution in [3.8, 4) is 11.3 Å². The molecule has 0 saturated heterocycles. The van der Waals surface area contributed by atoms with Crippen molar-refractivity contribution in [3.05, 3.63) is 42.0 Å². The molecule has 0 radical (unpaired) electrons. The molecule has 0 bridgehead atoms. The van der Waals surface area contributed by atoms with Gasteiger partial charge in [0.05, 0.1) is 17.6 Å². The number of benzene rings is 1. The fourth-order valence-corrected chi connectivity index (χ4v) is 3.47. The molecule has 1 aliphatic rings. The number of hydrogen-bond donors (Lipinski definition) is 1. The van der Waals surface area contributed by atoms with Crippen LogP contribution in [0.15, 0.2) is 30.5 Å². The van der Waals surface area contributed by atoms with Gasteiger partial charge in [0, 0.05) is 17.9 Å². The highest BCUT2D eigenvalue weighted by molar-refractivity contribution is 5.90. The Morgan fingerprint density at radius 1 is 1.19 bits per heavy atom. The standard InChI is InChI=1S/C21H26FN3O/c1-14(2)12-19(26)25-21-20(16-6-4-3-5-7-16)24-18(13-23-21)15-8-10-17(22)11-9-15/h8-11,13-14,16H,3-7,12H2,1-2H3,(H,23,25,26). The monoisotopic (exact) mass is 355 g/mol. The molecule has 4 nitrogen and oxygen atoms in total. The second-order valence-corrected chi connectivity index (χ2v) is 7.48. The first-order valence-corrected chi connectivity index (χ1v) is 9.45. The highest BCUT2D eigenvalue weighted by Gasteiger charge is 2.23. The third-order valence-electron chi connectivity index (χ3n) is 4.78. The van der Waals surface area contributed by atoms with Crippen LogP contribution in [0.5, 0.6) is 0 Å². The van der Waals surface area contributed by atoms with Gasteiger partial charge in [0.1, 0.15) is 5.82 Å². The van der Waals surface area contributed by atoms with Crippen LogP contribution < -0.4 is 5.32 Å². The zero-order chi connectivity index (χ0) is 18.5. The number of hydrogen-bond acceptors (Lipinski definition) is 3. The Morgan fingerprint density at radius 3 is 2.54 bits per heavy atom. The van der Waals surface area contributed by atoms with Crippen molar-refractivity contribution < 1.29 is 9.18 Å². The van der Waals surface area contributed by atoms with Crippen molar-refractivity contribution in [2.24, 2.45) is 5.92 Å². The predicted molar refractivity (Wildman–Crippen MR) is 101 cm³/mol. The number of amides is 1. The van der Waals surface area contributed by atoms with Gasteiger partial charge in [0.25, 0.3) is 0 Å². The van der Waals surface area contributed by atoms with Gasteiger partial charge in [-0.05, 0) is 43.0 Å². The van der Waals surface area contributed by atoms with E-state index in [1.807, 2.05) is 13.8 Å². The normalized spacial score (nSPS) is 15.2. The molecule has 1 aliphatic carbocycles. The summed E-state index contributed by atoms with van der Waals surface area (Å²) in [6, 6.07) is 6.27. The summed E-state index contributed by atoms with van der Waals surface area (Å²) >= 11 is 0. The summed E-state index contributed by atoms with van der Waals surface area (Å²) in [6.45, 7) is 4.04. The zero-order valence-electron chi connectivity index (χ0n) is 15.5. The van der Waals surface area contributed by atoms with Crippen molar-refractivity contribution in [1.29, 1.82) is 0 Å². The first-order valence-electron chi connectivity index (χ1n) is 9.45. The van der Waals surface area contributed by atoms with Crippen molar-refractivity contribution in [2.75, 3.05) is 5.32 Å². The Labute approximate surface area is 154 Å². The molecule has 1 saturated carbocycles. The molecule has 0 atom stereocenters. The Kier molecular flexibility index (Phi) is 5.96. The zero-order valence-corrected chi connectivity index (χ0v) is 15.5. The second kappa shape index (κ2) is 8.39. The van der Waals surface area contributed by atoms with Gasteiger partial charge in [-0.1, -0.05) is 33.1 Å². The minimum absolute atomic E-state index is 0.0270. The summed E-state index contributed by atoms with van der Waals surface area (Å²) in [5.41, 5.74) is 2.41. The molecule has 3 rings (SSSR count). The molecular weight excluding hydrogens is 329 g/mol. The van der Waals surface area contributed by atoms with Crippen LogP contribution in [0.2, 0.25) is 0 Å². The van der Waals surface area contributed by atoms with Gasteiger partial charge in [-0.25, -0.2) is 14.4 Å². The van der Waals surface area contributed by atoms with Crippen LogP contribution >= 0.6 is 0 Å². The van der Waals surface area contributed by atoms with Crippen molar-refractivity contribution in [2.45, 2.75) is 58.3 Å². The van der Waals surface area contributed by atoms with Gasteiger partial charge in [0.15, 0.2) is 5.82 Å². The van der Waals surface area contributed by atoms with Crippen LogP contribution in [0.25, 0.3) is 11.3 Å². The Morgan fingerprint density at radius 2 is 1.88 bits per heavy atom. The molecule has 1 amide bonds. The summed E-state index contributed by atoms with van der Waals surface area (Å²) in [5.74, 6) is 0.881. The molecule has 1 N–H and O–H groups in total. The molecule has 0 spiro atoms. The third-order valence-corrected chi connectivity index (χ3v) is 4.78. The minimum Gasteiger partial charge on any atom is -0.309 e. The molecule has 1 aromatic carbocycles. The average Bonchev–Trinajstić information content (AvgIpc) is 2.63. The van der Waals surface area contributed by atoms with E-state index in [9.17, 15) is 9.18 Å². The fraction of sp³-hybridized carbons (Fsp3) is 0.476. The van der Waals surface area contributed by atoms with Crippen molar-refractivity contribution in [1.82, 2.24) is 9.97 Å². The van der Waals surface area contributed by atoms with Crippen LogP contribution in [-0.2, 0) is 4.79 Å². The molecule has 5 heteroatoms. The van der Waals surface area contributed by atoms with E-state index in [0.717, 1.165) is 24.1 Å². The molecule has 1 aromatic heterocycles. The fourth-order valence-electron chi connectivity index (χ4n) is 3.47. The lowest BCUT2D eigenvalue weighted by molar-refractivity contribution is -0.116. The lowest BCUT2D eigenvalue weighted by Crippen LogP contribution is -2.19. The largest absolute Gasteiger partial charge is 0.309 e. The highest BCUT2D eigenvalue weighted by Crippen LogP contribution is 2.35. The van der Waals surface area contributed by atoms with E-state index in [2.05, 4.69) is 10.3 Å². The van der Waals surface area contributed by atoms with E-state index >= 15 is 0 Å². The second-order valence-electron chi connectivity index (χ2n) is 7.48. The Bertz CT molecular complexity index is 752. The molecule has 1 fully saturated rings. The Hall–Kier alpha value is -2.30. The van der Waals surface area contributed by atoms with Crippen LogP contribution in [0.1, 0.15) is 64.0 Å². The smallest absolute Gasteiger partial charge is 0.225 e. The van der Waals surface area contributed by atoms with E-state index in [-0.39, 0.29) is 11.7 Å². The van der Waals surface area contributed by atoms with Crippen LogP contribution in [0, 0.1) is 11.7 Å². The van der Waals surface area contributed by atoms with E-state index in [1.54, 1.807) is 18.3 Å². The van der Waals surface area contributed by atoms with Gasteiger partial charge < -0.3 is 5.32 Å². The molecule has 2 aromatic rings. The minimum atomic E-state index is -0.271. The van der Waals surface area contributed by atoms with Crippen LogP contribution in [0.3, 0.4) is 0 Å². The van der Waals surface area contributed by atoms with Gasteiger partial charge >= 0.3 is 0 Å². The third kappa shape index (κ3) is 4.65. The summed E-state index contributed by atoms with van der Waals surface area (Å²) in [4.78, 5) is 21.6. The first-order chi connectivity index (χ1) is 12.5. The van der Waals surface area contributed by atoms with Crippen LogP contribution in [0.4, 0.5) is 10.2 Å². The lowest BCUT2D eigenvalue weighted by Gasteiger charge is -2.23. The number of carbonyl (C=O) groups excluding carboxylic acids is 1. The topological polar surface area (TPSA) is 54.9 Å². The van der Waals surface area contributed by atoms with E-state index < -0.39 is 0 Å². The SMILES string of the molecule is CC(C)CC(=O)Nc1ncc(-c2ccc(F)cc2)nc1C1CCCCC1. The number of nitrogens with one attached hydrogen (secondary N) is 1. The molecule has 0 unspecified atom stereocenters. The molecule has 26 heavy (non-hydrogen) atoms. The average molecular weight is 355 g/mol. The van der Waals surface area contributed by atoms with Gasteiger partial charge in [-0.2, -0.15) is 0 Å². The van der Waals surface area contributed by atoms with E-state index in [4.69, 9.17) is 4.98 Å². The summed E-state index contributed by atoms with van der Waals surface area (Å²) < 4.78 is 13.2. The summed E-state index contributed by atoms with van der Waals surface area (Å²) in [6.07, 6.45) is 7.84. The first kappa shape index (κ1) is 18.5. The highest BCUT2D eigenvalue weighted by atomic mass is 19.1. The number of rotatable bonds is 5. The van der Waals surface area contributed by atoms with Gasteiger partial charge in [-0.3, -0.25) is 4.79 Å². The maximum absolute atomic E-state index is 13.2. The predicted octanol–water partition coefficient (Wildman–Crippen LogP) is 5.32. The van der Waals surface area contributed by atoms with E-state index in [1.165, 1.54) is 31.4 Å². The number of halogens is 1.